The first kappa shape index (κ1) is 16.2. The summed E-state index contributed by atoms with van der Waals surface area (Å²) in [5, 5.41) is 8.94. The average Bonchev–Trinajstić information content (AvgIpc) is 2.89. The number of sulfonamides is 1. The molecule has 3 N–H and O–H groups in total. The van der Waals surface area contributed by atoms with Crippen molar-refractivity contribution < 1.29 is 13.2 Å². The van der Waals surface area contributed by atoms with Crippen LogP contribution >= 0.6 is 0 Å². The summed E-state index contributed by atoms with van der Waals surface area (Å²) in [6, 6.07) is 5.73. The van der Waals surface area contributed by atoms with Gasteiger partial charge in [0.1, 0.15) is 0 Å². The number of anilines is 1. The van der Waals surface area contributed by atoms with Gasteiger partial charge in [0, 0.05) is 17.3 Å². The van der Waals surface area contributed by atoms with E-state index in [1.54, 1.807) is 27.0 Å². The summed E-state index contributed by atoms with van der Waals surface area (Å²) < 4.78 is 26.9. The molecular formula is C14H18N4O3S. The summed E-state index contributed by atoms with van der Waals surface area (Å²) >= 11 is 0. The van der Waals surface area contributed by atoms with Crippen molar-refractivity contribution in [3.8, 4) is 0 Å². The van der Waals surface area contributed by atoms with Crippen molar-refractivity contribution in [3.63, 3.8) is 0 Å². The number of nitrogens with zero attached hydrogens (tertiary/aromatic N) is 1. The van der Waals surface area contributed by atoms with E-state index in [0.717, 1.165) is 0 Å². The zero-order valence-electron chi connectivity index (χ0n) is 12.5. The van der Waals surface area contributed by atoms with E-state index in [1.165, 1.54) is 30.5 Å². The quantitative estimate of drug-likeness (QED) is 0.797. The molecule has 22 heavy (non-hydrogen) atoms. The summed E-state index contributed by atoms with van der Waals surface area (Å²) in [6.07, 6.45) is 3.02. The van der Waals surface area contributed by atoms with Crippen LogP contribution in [-0.4, -0.2) is 30.1 Å². The number of carbonyl (C=O) groups excluding carboxylic acids is 1. The van der Waals surface area contributed by atoms with Crippen molar-refractivity contribution in [1.82, 2.24) is 14.9 Å². The molecule has 0 aliphatic heterocycles. The van der Waals surface area contributed by atoms with Crippen LogP contribution in [0.25, 0.3) is 0 Å². The highest BCUT2D eigenvalue weighted by Gasteiger charge is 2.22. The van der Waals surface area contributed by atoms with Gasteiger partial charge in [-0.25, -0.2) is 13.1 Å². The summed E-state index contributed by atoms with van der Waals surface area (Å²) in [6.45, 7) is 5.28. The molecule has 7 nitrogen and oxygen atoms in total. The number of hydrogen-bond acceptors (Lipinski definition) is 4. The summed E-state index contributed by atoms with van der Waals surface area (Å²) in [4.78, 5) is 12.1. The monoisotopic (exact) mass is 322 g/mol. The van der Waals surface area contributed by atoms with Crippen LogP contribution in [0.2, 0.25) is 0 Å². The Morgan fingerprint density at radius 1 is 1.18 bits per heavy atom. The first-order valence-corrected chi connectivity index (χ1v) is 8.10. The highest BCUT2D eigenvalue weighted by Crippen LogP contribution is 2.15. The molecule has 0 atom stereocenters. The molecule has 8 heteroatoms. The van der Waals surface area contributed by atoms with Crippen LogP contribution in [0.3, 0.4) is 0 Å². The Balaban J connectivity index is 2.15. The summed E-state index contributed by atoms with van der Waals surface area (Å²) in [7, 11) is -3.61. The van der Waals surface area contributed by atoms with Gasteiger partial charge in [-0.15, -0.1) is 0 Å². The fourth-order valence-corrected chi connectivity index (χ4v) is 3.19. The number of aromatic nitrogens is 2. The van der Waals surface area contributed by atoms with Crippen LogP contribution in [-0.2, 0) is 10.0 Å². The number of H-pyrrole nitrogens is 1. The van der Waals surface area contributed by atoms with E-state index in [1.807, 2.05) is 0 Å². The van der Waals surface area contributed by atoms with Gasteiger partial charge in [0.2, 0.25) is 10.0 Å². The predicted octanol–water partition coefficient (Wildman–Crippen LogP) is 1.74. The first-order valence-electron chi connectivity index (χ1n) is 6.61. The molecule has 0 unspecified atom stereocenters. The molecule has 0 aliphatic carbocycles. The van der Waals surface area contributed by atoms with Gasteiger partial charge in [-0.2, -0.15) is 5.10 Å². The third-order valence-electron chi connectivity index (χ3n) is 2.62. The molecule has 0 saturated heterocycles. The molecule has 1 heterocycles. The molecule has 0 bridgehead atoms. The maximum Gasteiger partial charge on any atom is 0.255 e. The van der Waals surface area contributed by atoms with Gasteiger partial charge in [0.15, 0.2) is 0 Å². The Bertz CT molecular complexity index is 744. The van der Waals surface area contributed by atoms with Crippen molar-refractivity contribution in [1.29, 1.82) is 0 Å². The molecule has 1 aromatic heterocycles. The van der Waals surface area contributed by atoms with Gasteiger partial charge in [-0.3, -0.25) is 9.89 Å². The number of carbonyl (C=O) groups is 1. The van der Waals surface area contributed by atoms with Gasteiger partial charge < -0.3 is 5.32 Å². The second kappa shape index (κ2) is 5.90. The van der Waals surface area contributed by atoms with Gasteiger partial charge in [0.05, 0.1) is 16.8 Å². The lowest BCUT2D eigenvalue weighted by Gasteiger charge is -2.20. The number of hydrogen-bond donors (Lipinski definition) is 3. The fourth-order valence-electron chi connectivity index (χ4n) is 1.77. The van der Waals surface area contributed by atoms with Crippen molar-refractivity contribution in [2.45, 2.75) is 31.2 Å². The van der Waals surface area contributed by atoms with Crippen molar-refractivity contribution in [2.24, 2.45) is 0 Å². The lowest BCUT2D eigenvalue weighted by atomic mass is 10.1. The van der Waals surface area contributed by atoms with Gasteiger partial charge in [0.25, 0.3) is 5.91 Å². The minimum atomic E-state index is -3.61. The number of amides is 1. The molecule has 2 aromatic rings. The zero-order chi connectivity index (χ0) is 16.4. The molecule has 0 saturated carbocycles. The van der Waals surface area contributed by atoms with E-state index in [4.69, 9.17) is 0 Å². The number of rotatable bonds is 4. The van der Waals surface area contributed by atoms with E-state index in [2.05, 4.69) is 20.2 Å². The van der Waals surface area contributed by atoms with Crippen LogP contribution in [0.15, 0.2) is 41.6 Å². The van der Waals surface area contributed by atoms with Gasteiger partial charge >= 0.3 is 0 Å². The Labute approximate surface area is 129 Å². The van der Waals surface area contributed by atoms with Crippen molar-refractivity contribution in [3.05, 3.63) is 42.2 Å². The van der Waals surface area contributed by atoms with Crippen LogP contribution < -0.4 is 10.0 Å². The second-order valence-corrected chi connectivity index (χ2v) is 7.50. The van der Waals surface area contributed by atoms with Gasteiger partial charge in [-0.1, -0.05) is 0 Å². The van der Waals surface area contributed by atoms with E-state index in [9.17, 15) is 13.2 Å². The molecule has 0 fully saturated rings. The molecule has 0 radical (unpaired) electrons. The van der Waals surface area contributed by atoms with Crippen molar-refractivity contribution in [2.75, 3.05) is 5.32 Å². The van der Waals surface area contributed by atoms with E-state index in [0.29, 0.717) is 11.3 Å². The van der Waals surface area contributed by atoms with Crippen LogP contribution in [0.1, 0.15) is 31.1 Å². The fraction of sp³-hybridized carbons (Fsp3) is 0.286. The molecular weight excluding hydrogens is 304 g/mol. The van der Waals surface area contributed by atoms with E-state index < -0.39 is 15.6 Å². The van der Waals surface area contributed by atoms with Crippen LogP contribution in [0.4, 0.5) is 5.69 Å². The molecule has 1 aromatic carbocycles. The second-order valence-electron chi connectivity index (χ2n) is 5.82. The third-order valence-corrected chi connectivity index (χ3v) is 4.40. The van der Waals surface area contributed by atoms with Crippen LogP contribution in [0.5, 0.6) is 0 Å². The number of nitrogens with one attached hydrogen (secondary N) is 3. The smallest absolute Gasteiger partial charge is 0.255 e. The molecule has 0 aliphatic rings. The Hall–Kier alpha value is -2.19. The summed E-state index contributed by atoms with van der Waals surface area (Å²) in [5.74, 6) is -0.339. The maximum absolute atomic E-state index is 12.2. The zero-order valence-corrected chi connectivity index (χ0v) is 13.4. The number of benzene rings is 1. The SMILES string of the molecule is CC(C)(C)NS(=O)(=O)c1ccc(C(=O)Nc2cn[nH]c2)cc1. The topological polar surface area (TPSA) is 104 Å². The minimum Gasteiger partial charge on any atom is -0.319 e. The molecule has 0 spiro atoms. The Kier molecular flexibility index (Phi) is 4.34. The van der Waals surface area contributed by atoms with Crippen LogP contribution in [0, 0.1) is 0 Å². The van der Waals surface area contributed by atoms with Gasteiger partial charge in [-0.05, 0) is 45.0 Å². The largest absolute Gasteiger partial charge is 0.319 e. The lowest BCUT2D eigenvalue weighted by Crippen LogP contribution is -2.40. The molecule has 118 valence electrons. The lowest BCUT2D eigenvalue weighted by molar-refractivity contribution is 0.102. The molecule has 1 amide bonds. The van der Waals surface area contributed by atoms with E-state index >= 15 is 0 Å². The standard InChI is InChI=1S/C14H18N4O3S/c1-14(2,3)18-22(20,21)12-6-4-10(5-7-12)13(19)17-11-8-15-16-9-11/h4-9,18H,1-3H3,(H,15,16)(H,17,19). The van der Waals surface area contributed by atoms with Crippen molar-refractivity contribution >= 4 is 21.6 Å². The predicted molar refractivity (Wildman–Crippen MR) is 83.1 cm³/mol. The highest BCUT2D eigenvalue weighted by molar-refractivity contribution is 7.89. The summed E-state index contributed by atoms with van der Waals surface area (Å²) in [5.41, 5.74) is 0.322. The number of aromatic amines is 1. The third kappa shape index (κ3) is 4.15. The highest BCUT2D eigenvalue weighted by atomic mass is 32.2. The first-order chi connectivity index (χ1) is 10.2. The van der Waals surface area contributed by atoms with E-state index in [-0.39, 0.29) is 10.8 Å². The Morgan fingerprint density at radius 3 is 2.32 bits per heavy atom. The normalized spacial score (nSPS) is 12.1. The minimum absolute atomic E-state index is 0.113. The maximum atomic E-state index is 12.2. The average molecular weight is 322 g/mol. The Morgan fingerprint density at radius 2 is 1.82 bits per heavy atom. The molecule has 2 rings (SSSR count).